The zero-order valence-corrected chi connectivity index (χ0v) is 6.70. The number of carbonyl (C=O) groups excluding carboxylic acids is 2. The molecule has 0 aliphatic rings. The summed E-state index contributed by atoms with van der Waals surface area (Å²) in [6, 6.07) is 4.84. The third kappa shape index (κ3) is 1.50. The minimum Gasteiger partial charge on any atom is -0.366 e. The molecule has 0 unspecified atom stereocenters. The molecular formula is C9H9NO2. The molecule has 2 N–H and O–H groups in total. The Bertz CT molecular complexity index is 331. The number of hydrogen-bond donors (Lipinski definition) is 1. The molecule has 12 heavy (non-hydrogen) atoms. The highest BCUT2D eigenvalue weighted by Gasteiger charge is 2.04. The minimum absolute atomic E-state index is 0.402. The Morgan fingerprint density at radius 2 is 2.17 bits per heavy atom. The Morgan fingerprint density at radius 1 is 1.50 bits per heavy atom. The Balaban J connectivity index is 3.25. The zero-order chi connectivity index (χ0) is 9.14. The van der Waals surface area contributed by atoms with Crippen LogP contribution < -0.4 is 5.73 Å². The molecule has 0 bridgehead atoms. The molecule has 0 aromatic heterocycles. The van der Waals surface area contributed by atoms with Crippen molar-refractivity contribution in [2.45, 2.75) is 6.92 Å². The number of aldehydes is 1. The third-order valence-electron chi connectivity index (χ3n) is 1.66. The van der Waals surface area contributed by atoms with Gasteiger partial charge in [0.1, 0.15) is 6.29 Å². The average Bonchev–Trinajstić information content (AvgIpc) is 2.05. The minimum atomic E-state index is -0.504. The molecule has 0 heterocycles. The summed E-state index contributed by atoms with van der Waals surface area (Å²) in [7, 11) is 0. The van der Waals surface area contributed by atoms with Crippen molar-refractivity contribution in [2.24, 2.45) is 5.73 Å². The molecule has 1 rings (SSSR count). The molecule has 62 valence electrons. The van der Waals surface area contributed by atoms with Crippen LogP contribution in [0.5, 0.6) is 0 Å². The van der Waals surface area contributed by atoms with Gasteiger partial charge in [-0.25, -0.2) is 0 Å². The Hall–Kier alpha value is -1.64. The molecule has 0 spiro atoms. The maximum Gasteiger partial charge on any atom is 0.248 e. The van der Waals surface area contributed by atoms with Gasteiger partial charge in [0.25, 0.3) is 0 Å². The average molecular weight is 163 g/mol. The van der Waals surface area contributed by atoms with Crippen LogP contribution in [-0.2, 0) is 0 Å². The first kappa shape index (κ1) is 8.46. The number of amides is 1. The Morgan fingerprint density at radius 3 is 2.67 bits per heavy atom. The van der Waals surface area contributed by atoms with Gasteiger partial charge in [-0.3, -0.25) is 9.59 Å². The molecule has 0 aliphatic heterocycles. The van der Waals surface area contributed by atoms with E-state index in [0.29, 0.717) is 17.4 Å². The number of hydrogen-bond acceptors (Lipinski definition) is 2. The summed E-state index contributed by atoms with van der Waals surface area (Å²) in [6.07, 6.45) is 0.686. The topological polar surface area (TPSA) is 60.2 Å². The predicted octanol–water partition coefficient (Wildman–Crippen LogP) is 0.906. The van der Waals surface area contributed by atoms with E-state index < -0.39 is 5.91 Å². The quantitative estimate of drug-likeness (QED) is 0.658. The lowest BCUT2D eigenvalue weighted by Gasteiger charge is -2.00. The number of primary amides is 1. The first-order chi connectivity index (χ1) is 5.65. The van der Waals surface area contributed by atoms with Crippen molar-refractivity contribution in [2.75, 3.05) is 0 Å². The summed E-state index contributed by atoms with van der Waals surface area (Å²) in [4.78, 5) is 21.1. The highest BCUT2D eigenvalue weighted by atomic mass is 16.1. The van der Waals surface area contributed by atoms with E-state index in [9.17, 15) is 9.59 Å². The second-order valence-corrected chi connectivity index (χ2v) is 2.56. The first-order valence-electron chi connectivity index (χ1n) is 3.51. The fourth-order valence-corrected chi connectivity index (χ4v) is 0.978. The van der Waals surface area contributed by atoms with E-state index in [1.54, 1.807) is 19.1 Å². The van der Waals surface area contributed by atoms with E-state index in [0.717, 1.165) is 5.56 Å². The van der Waals surface area contributed by atoms with Crippen LogP contribution in [0.4, 0.5) is 0 Å². The van der Waals surface area contributed by atoms with E-state index >= 15 is 0 Å². The van der Waals surface area contributed by atoms with Gasteiger partial charge in [0.2, 0.25) is 5.91 Å². The summed E-state index contributed by atoms with van der Waals surface area (Å²) < 4.78 is 0. The van der Waals surface area contributed by atoms with Crippen molar-refractivity contribution < 1.29 is 9.59 Å². The van der Waals surface area contributed by atoms with Crippen molar-refractivity contribution in [1.82, 2.24) is 0 Å². The summed E-state index contributed by atoms with van der Waals surface area (Å²) in [5, 5.41) is 0. The third-order valence-corrected chi connectivity index (χ3v) is 1.66. The van der Waals surface area contributed by atoms with Crippen molar-refractivity contribution >= 4 is 12.2 Å². The first-order valence-corrected chi connectivity index (χ1v) is 3.51. The molecule has 1 aromatic carbocycles. The van der Waals surface area contributed by atoms with Crippen LogP contribution in [0.1, 0.15) is 26.3 Å². The molecule has 1 aromatic rings. The van der Waals surface area contributed by atoms with Gasteiger partial charge in [0.15, 0.2) is 0 Å². The number of rotatable bonds is 2. The van der Waals surface area contributed by atoms with Gasteiger partial charge < -0.3 is 5.73 Å². The second-order valence-electron chi connectivity index (χ2n) is 2.56. The predicted molar refractivity (Wildman–Crippen MR) is 45.1 cm³/mol. The molecule has 0 aliphatic carbocycles. The maximum absolute atomic E-state index is 10.8. The molecule has 0 saturated carbocycles. The summed E-state index contributed by atoms with van der Waals surface area (Å²) >= 11 is 0. The summed E-state index contributed by atoms with van der Waals surface area (Å²) in [5.74, 6) is -0.504. The van der Waals surface area contributed by atoms with Crippen molar-refractivity contribution in [1.29, 1.82) is 0 Å². The van der Waals surface area contributed by atoms with Gasteiger partial charge >= 0.3 is 0 Å². The molecular weight excluding hydrogens is 154 g/mol. The number of aryl methyl sites for hydroxylation is 1. The van der Waals surface area contributed by atoms with Gasteiger partial charge in [0.05, 0.1) is 0 Å². The normalized spacial score (nSPS) is 9.42. The van der Waals surface area contributed by atoms with E-state index in [2.05, 4.69) is 0 Å². The van der Waals surface area contributed by atoms with E-state index in [1.807, 2.05) is 0 Å². The van der Waals surface area contributed by atoms with Crippen LogP contribution in [0, 0.1) is 6.92 Å². The summed E-state index contributed by atoms with van der Waals surface area (Å²) in [6.45, 7) is 1.77. The lowest BCUT2D eigenvalue weighted by atomic mass is 10.1. The lowest BCUT2D eigenvalue weighted by Crippen LogP contribution is -2.12. The van der Waals surface area contributed by atoms with Crippen LogP contribution in [0.3, 0.4) is 0 Å². The van der Waals surface area contributed by atoms with Crippen LogP contribution in [0.2, 0.25) is 0 Å². The van der Waals surface area contributed by atoms with Gasteiger partial charge in [-0.15, -0.1) is 0 Å². The molecule has 0 saturated heterocycles. The van der Waals surface area contributed by atoms with Gasteiger partial charge in [-0.1, -0.05) is 12.1 Å². The van der Waals surface area contributed by atoms with Gasteiger partial charge in [-0.2, -0.15) is 0 Å². The monoisotopic (exact) mass is 163 g/mol. The van der Waals surface area contributed by atoms with Crippen LogP contribution in [0.25, 0.3) is 0 Å². The van der Waals surface area contributed by atoms with Crippen LogP contribution >= 0.6 is 0 Å². The van der Waals surface area contributed by atoms with E-state index in [1.165, 1.54) is 6.07 Å². The summed E-state index contributed by atoms with van der Waals surface area (Å²) in [5.41, 5.74) is 6.74. The fraction of sp³-hybridized carbons (Fsp3) is 0.111. The molecule has 3 nitrogen and oxygen atoms in total. The van der Waals surface area contributed by atoms with Crippen LogP contribution in [0.15, 0.2) is 18.2 Å². The lowest BCUT2D eigenvalue weighted by molar-refractivity contribution is 0.0999. The van der Waals surface area contributed by atoms with E-state index in [-0.39, 0.29) is 0 Å². The smallest absolute Gasteiger partial charge is 0.248 e. The molecule has 3 heteroatoms. The zero-order valence-electron chi connectivity index (χ0n) is 6.70. The van der Waals surface area contributed by atoms with E-state index in [4.69, 9.17) is 5.73 Å². The Labute approximate surface area is 70.2 Å². The SMILES string of the molecule is Cc1ccc(C=O)cc1C(N)=O. The molecule has 1 amide bonds. The Kier molecular flexibility index (Phi) is 2.24. The highest BCUT2D eigenvalue weighted by molar-refractivity contribution is 5.95. The van der Waals surface area contributed by atoms with Crippen molar-refractivity contribution in [3.8, 4) is 0 Å². The van der Waals surface area contributed by atoms with Crippen LogP contribution in [-0.4, -0.2) is 12.2 Å². The number of carbonyl (C=O) groups is 2. The standard InChI is InChI=1S/C9H9NO2/c1-6-2-3-7(5-11)4-8(6)9(10)12/h2-5H,1H3,(H2,10,12). The van der Waals surface area contributed by atoms with Crippen molar-refractivity contribution in [3.63, 3.8) is 0 Å². The van der Waals surface area contributed by atoms with Gasteiger partial charge in [-0.05, 0) is 18.6 Å². The number of benzene rings is 1. The highest BCUT2D eigenvalue weighted by Crippen LogP contribution is 2.08. The molecule has 0 fully saturated rings. The molecule has 0 radical (unpaired) electrons. The fourth-order valence-electron chi connectivity index (χ4n) is 0.978. The second kappa shape index (κ2) is 3.17. The largest absolute Gasteiger partial charge is 0.366 e. The van der Waals surface area contributed by atoms with Gasteiger partial charge in [0, 0.05) is 11.1 Å². The molecule has 0 atom stereocenters. The maximum atomic E-state index is 10.8. The number of nitrogens with two attached hydrogens (primary N) is 1. The van der Waals surface area contributed by atoms with Crippen molar-refractivity contribution in [3.05, 3.63) is 34.9 Å².